The van der Waals surface area contributed by atoms with Crippen LogP contribution in [0, 0.1) is 17.6 Å². The van der Waals surface area contributed by atoms with Crippen molar-refractivity contribution in [2.45, 2.75) is 19.4 Å². The van der Waals surface area contributed by atoms with Gasteiger partial charge in [-0.1, -0.05) is 11.3 Å². The Morgan fingerprint density at radius 3 is 2.88 bits per heavy atom. The number of nitrogens with one attached hydrogen (secondary N) is 1. The Bertz CT molecular complexity index is 1140. The molecule has 1 aliphatic rings. The van der Waals surface area contributed by atoms with Crippen LogP contribution in [0.25, 0.3) is 11.3 Å². The number of halogens is 2. The quantitative estimate of drug-likeness (QED) is 0.221. The number of hydrazone groups is 1. The van der Waals surface area contributed by atoms with Crippen LogP contribution in [0.5, 0.6) is 0 Å². The van der Waals surface area contributed by atoms with Gasteiger partial charge >= 0.3 is 0 Å². The highest BCUT2D eigenvalue weighted by molar-refractivity contribution is 6.12. The molecule has 1 aliphatic heterocycles. The number of nitrogen functional groups attached to an aromatic ring is 1. The molecule has 1 fully saturated rings. The summed E-state index contributed by atoms with van der Waals surface area (Å²) in [6.07, 6.45) is 5.35. The molecule has 2 aromatic heterocycles. The van der Waals surface area contributed by atoms with Gasteiger partial charge in [0.25, 0.3) is 0 Å². The maximum absolute atomic E-state index is 14.4. The van der Waals surface area contributed by atoms with Crippen LogP contribution in [0.1, 0.15) is 18.4 Å². The van der Waals surface area contributed by atoms with Gasteiger partial charge < -0.3 is 15.9 Å². The molecule has 174 valence electrons. The summed E-state index contributed by atoms with van der Waals surface area (Å²) in [7, 11) is 1.55. The number of anilines is 2. The number of amidine groups is 1. The average Bonchev–Trinajstić information content (AvgIpc) is 3.28. The molecule has 0 radical (unpaired) electrons. The molecule has 3 heterocycles. The third kappa shape index (κ3) is 4.91. The first-order valence-corrected chi connectivity index (χ1v) is 10.4. The van der Waals surface area contributed by atoms with Crippen molar-refractivity contribution in [1.29, 1.82) is 0 Å². The molecule has 0 bridgehead atoms. The van der Waals surface area contributed by atoms with Crippen molar-refractivity contribution in [3.05, 3.63) is 53.9 Å². The van der Waals surface area contributed by atoms with Crippen LogP contribution >= 0.6 is 0 Å². The van der Waals surface area contributed by atoms with E-state index < -0.39 is 11.6 Å². The molecule has 4 rings (SSSR count). The smallest absolute Gasteiger partial charge is 0.183 e. The summed E-state index contributed by atoms with van der Waals surface area (Å²) in [6, 6.07) is 5.36. The summed E-state index contributed by atoms with van der Waals surface area (Å²) in [6.45, 7) is 2.26. The molecule has 0 saturated carbocycles. The number of hydrogen-bond acceptors (Lipinski definition) is 8. The van der Waals surface area contributed by atoms with Crippen LogP contribution in [-0.4, -0.2) is 46.1 Å². The monoisotopic (exact) mass is 457 g/mol. The van der Waals surface area contributed by atoms with Gasteiger partial charge in [0.1, 0.15) is 11.5 Å². The highest BCUT2D eigenvalue weighted by Crippen LogP contribution is 2.25. The molecule has 10 nitrogen and oxygen atoms in total. The average molecular weight is 457 g/mol. The van der Waals surface area contributed by atoms with E-state index in [2.05, 4.69) is 25.8 Å². The minimum atomic E-state index is -1.11. The van der Waals surface area contributed by atoms with Gasteiger partial charge in [0.15, 0.2) is 17.5 Å². The maximum atomic E-state index is 14.4. The molecule has 0 spiro atoms. The standard InChI is InChI=1S/C21H25F2N9O/c1-26-29-21(32(25)18-4-2-3-16(22)19(18)23)15-9-14(10-27-20(15)24)17-12-31(30-28-17)11-13-5-7-33-8-6-13/h2-4,9-10,12-13,26H,5-8,11,25H2,1H3,(H2,24,27)/b29-21-. The molecule has 0 aliphatic carbocycles. The normalized spacial score (nSPS) is 15.0. The minimum absolute atomic E-state index is 0.0449. The number of benzene rings is 1. The number of nitrogens with two attached hydrogens (primary N) is 2. The van der Waals surface area contributed by atoms with E-state index in [0.717, 1.165) is 43.7 Å². The fourth-order valence-corrected chi connectivity index (χ4v) is 3.65. The molecule has 1 saturated heterocycles. The summed E-state index contributed by atoms with van der Waals surface area (Å²) in [4.78, 5) is 4.23. The minimum Gasteiger partial charge on any atom is -0.383 e. The Morgan fingerprint density at radius 2 is 2.12 bits per heavy atom. The summed E-state index contributed by atoms with van der Waals surface area (Å²) >= 11 is 0. The first kappa shape index (κ1) is 22.6. The summed E-state index contributed by atoms with van der Waals surface area (Å²) in [5, 5.41) is 13.5. The predicted molar refractivity (Wildman–Crippen MR) is 120 cm³/mol. The molecule has 0 amide bonds. The zero-order chi connectivity index (χ0) is 23.4. The van der Waals surface area contributed by atoms with Gasteiger partial charge in [-0.15, -0.1) is 5.10 Å². The lowest BCUT2D eigenvalue weighted by Crippen LogP contribution is -2.40. The largest absolute Gasteiger partial charge is 0.383 e. The summed E-state index contributed by atoms with van der Waals surface area (Å²) < 4.78 is 35.3. The molecule has 5 N–H and O–H groups in total. The zero-order valence-corrected chi connectivity index (χ0v) is 18.1. The number of ether oxygens (including phenoxy) is 1. The number of aromatic nitrogens is 4. The Balaban J connectivity index is 1.64. The van der Waals surface area contributed by atoms with Crippen molar-refractivity contribution >= 4 is 17.3 Å². The van der Waals surface area contributed by atoms with Crippen molar-refractivity contribution in [3.63, 3.8) is 0 Å². The summed E-state index contributed by atoms with van der Waals surface area (Å²) in [5.74, 6) is 4.61. The molecule has 0 unspecified atom stereocenters. The molecular formula is C21H25F2N9O. The van der Waals surface area contributed by atoms with Gasteiger partial charge in [-0.05, 0) is 37.0 Å². The van der Waals surface area contributed by atoms with E-state index in [1.54, 1.807) is 24.0 Å². The third-order valence-corrected chi connectivity index (χ3v) is 5.42. The SMILES string of the molecule is CN/N=C(/c1cc(-c2cn(CC3CCOCC3)nn2)cnc1N)N(N)c1cccc(F)c1F. The van der Waals surface area contributed by atoms with Gasteiger partial charge in [-0.3, -0.25) is 9.69 Å². The van der Waals surface area contributed by atoms with Gasteiger partial charge in [0, 0.05) is 38.6 Å². The van der Waals surface area contributed by atoms with Gasteiger partial charge in [0.05, 0.1) is 17.4 Å². The lowest BCUT2D eigenvalue weighted by molar-refractivity contribution is 0.0600. The van der Waals surface area contributed by atoms with Crippen LogP contribution < -0.4 is 22.0 Å². The molecule has 0 atom stereocenters. The van der Waals surface area contributed by atoms with Crippen LogP contribution in [-0.2, 0) is 11.3 Å². The van der Waals surface area contributed by atoms with Crippen molar-refractivity contribution in [2.75, 3.05) is 31.0 Å². The Hall–Kier alpha value is -3.64. The number of nitrogens with zero attached hydrogens (tertiary/aromatic N) is 6. The second kappa shape index (κ2) is 9.88. The van der Waals surface area contributed by atoms with Crippen LogP contribution in [0.15, 0.2) is 41.8 Å². The molecule has 1 aromatic carbocycles. The van der Waals surface area contributed by atoms with Crippen LogP contribution in [0.2, 0.25) is 0 Å². The van der Waals surface area contributed by atoms with Crippen molar-refractivity contribution in [1.82, 2.24) is 25.4 Å². The highest BCUT2D eigenvalue weighted by atomic mass is 19.2. The first-order chi connectivity index (χ1) is 16.0. The summed E-state index contributed by atoms with van der Waals surface area (Å²) in [5.41, 5.74) is 10.0. The number of hydrazine groups is 1. The Morgan fingerprint density at radius 1 is 1.33 bits per heavy atom. The van der Waals surface area contributed by atoms with E-state index in [0.29, 0.717) is 22.7 Å². The lowest BCUT2D eigenvalue weighted by Gasteiger charge is -2.22. The van der Waals surface area contributed by atoms with Gasteiger partial charge in [-0.2, -0.15) is 5.10 Å². The first-order valence-electron chi connectivity index (χ1n) is 10.4. The van der Waals surface area contributed by atoms with E-state index in [4.69, 9.17) is 16.3 Å². The maximum Gasteiger partial charge on any atom is 0.183 e. The predicted octanol–water partition coefficient (Wildman–Crippen LogP) is 1.89. The van der Waals surface area contributed by atoms with Crippen molar-refractivity contribution in [2.24, 2.45) is 16.9 Å². The van der Waals surface area contributed by atoms with E-state index in [-0.39, 0.29) is 17.3 Å². The molecular weight excluding hydrogens is 432 g/mol. The van der Waals surface area contributed by atoms with Gasteiger partial charge in [0.2, 0.25) is 0 Å². The highest BCUT2D eigenvalue weighted by Gasteiger charge is 2.22. The van der Waals surface area contributed by atoms with Crippen LogP contribution in [0.4, 0.5) is 20.3 Å². The van der Waals surface area contributed by atoms with E-state index in [1.165, 1.54) is 12.1 Å². The van der Waals surface area contributed by atoms with E-state index in [9.17, 15) is 8.78 Å². The number of pyridine rings is 1. The fraction of sp³-hybridized carbons (Fsp3) is 0.333. The zero-order valence-electron chi connectivity index (χ0n) is 18.1. The van der Waals surface area contributed by atoms with E-state index in [1.807, 2.05) is 6.20 Å². The fourth-order valence-electron chi connectivity index (χ4n) is 3.65. The second-order valence-electron chi connectivity index (χ2n) is 7.64. The topological polar surface area (TPSA) is 132 Å². The van der Waals surface area contributed by atoms with Crippen LogP contribution in [0.3, 0.4) is 0 Å². The molecule has 12 heteroatoms. The number of rotatable bonds is 6. The second-order valence-corrected chi connectivity index (χ2v) is 7.64. The van der Waals surface area contributed by atoms with Crippen molar-refractivity contribution < 1.29 is 13.5 Å². The van der Waals surface area contributed by atoms with Gasteiger partial charge in [-0.25, -0.2) is 19.6 Å². The number of hydrogen-bond donors (Lipinski definition) is 3. The Labute approximate surface area is 189 Å². The molecule has 3 aromatic rings. The Kier molecular flexibility index (Phi) is 6.75. The lowest BCUT2D eigenvalue weighted by atomic mass is 10.0. The molecule has 33 heavy (non-hydrogen) atoms. The van der Waals surface area contributed by atoms with E-state index >= 15 is 0 Å². The van der Waals surface area contributed by atoms with Crippen molar-refractivity contribution in [3.8, 4) is 11.3 Å². The third-order valence-electron chi connectivity index (χ3n) is 5.42.